The summed E-state index contributed by atoms with van der Waals surface area (Å²) in [5.74, 6) is 1.50. The maximum Gasteiger partial charge on any atom is 0.225 e. The van der Waals surface area contributed by atoms with E-state index in [9.17, 15) is 4.79 Å². The van der Waals surface area contributed by atoms with Crippen molar-refractivity contribution in [1.29, 1.82) is 0 Å². The zero-order chi connectivity index (χ0) is 17.5. The Morgan fingerprint density at radius 3 is 2.38 bits per heavy atom. The third kappa shape index (κ3) is 5.23. The van der Waals surface area contributed by atoms with E-state index in [-0.39, 0.29) is 5.91 Å². The number of rotatable bonds is 7. The van der Waals surface area contributed by atoms with Crippen molar-refractivity contribution in [3.8, 4) is 11.5 Å². The molecule has 0 aromatic heterocycles. The normalized spacial score (nSPS) is 10.3. The molecule has 128 valence electrons. The molecule has 0 spiro atoms. The number of benzene rings is 2. The van der Waals surface area contributed by atoms with E-state index >= 15 is 0 Å². The fourth-order valence-electron chi connectivity index (χ4n) is 1.96. The van der Waals surface area contributed by atoms with Crippen LogP contribution < -0.4 is 14.8 Å². The van der Waals surface area contributed by atoms with E-state index in [0.717, 1.165) is 4.90 Å². The molecular weight excluding hydrogens is 369 g/mol. The molecule has 0 aliphatic rings. The number of halogens is 2. The molecule has 0 bridgehead atoms. The number of amides is 1. The van der Waals surface area contributed by atoms with Crippen molar-refractivity contribution in [3.63, 3.8) is 0 Å². The van der Waals surface area contributed by atoms with Crippen LogP contribution in [-0.4, -0.2) is 25.9 Å². The smallest absolute Gasteiger partial charge is 0.225 e. The molecule has 0 fully saturated rings. The number of ether oxygens (including phenoxy) is 2. The Morgan fingerprint density at radius 1 is 1.08 bits per heavy atom. The van der Waals surface area contributed by atoms with Gasteiger partial charge in [-0.1, -0.05) is 23.2 Å². The van der Waals surface area contributed by atoms with E-state index in [0.29, 0.717) is 39.4 Å². The largest absolute Gasteiger partial charge is 0.495 e. The van der Waals surface area contributed by atoms with Gasteiger partial charge in [-0.05, 0) is 24.3 Å². The summed E-state index contributed by atoms with van der Waals surface area (Å²) in [4.78, 5) is 13.2. The number of methoxy groups -OCH3 is 2. The first-order chi connectivity index (χ1) is 11.5. The third-order valence-corrected chi connectivity index (χ3v) is 4.72. The summed E-state index contributed by atoms with van der Waals surface area (Å²) >= 11 is 13.5. The number of hydrogen-bond acceptors (Lipinski definition) is 4. The van der Waals surface area contributed by atoms with Crippen LogP contribution in [0.15, 0.2) is 41.3 Å². The van der Waals surface area contributed by atoms with Crippen molar-refractivity contribution in [2.75, 3.05) is 25.3 Å². The SMILES string of the molecule is COc1cc(NC(=O)CCSc2ccc(Cl)cc2)c(OC)cc1Cl. The predicted molar refractivity (Wildman–Crippen MR) is 100.0 cm³/mol. The van der Waals surface area contributed by atoms with Crippen LogP contribution in [0.3, 0.4) is 0 Å². The van der Waals surface area contributed by atoms with E-state index in [1.54, 1.807) is 23.9 Å². The van der Waals surface area contributed by atoms with Gasteiger partial charge in [0, 0.05) is 34.2 Å². The summed E-state index contributed by atoms with van der Waals surface area (Å²) in [6.07, 6.45) is 0.362. The highest BCUT2D eigenvalue weighted by Crippen LogP contribution is 2.36. The fourth-order valence-corrected chi connectivity index (χ4v) is 3.17. The lowest BCUT2D eigenvalue weighted by Gasteiger charge is -2.13. The van der Waals surface area contributed by atoms with Gasteiger partial charge >= 0.3 is 0 Å². The van der Waals surface area contributed by atoms with Crippen molar-refractivity contribution in [1.82, 2.24) is 0 Å². The van der Waals surface area contributed by atoms with Crippen molar-refractivity contribution in [3.05, 3.63) is 46.4 Å². The van der Waals surface area contributed by atoms with Gasteiger partial charge in [0.15, 0.2) is 0 Å². The molecule has 2 aromatic carbocycles. The minimum atomic E-state index is -0.112. The molecule has 2 rings (SSSR count). The Labute approximate surface area is 155 Å². The van der Waals surface area contributed by atoms with Gasteiger partial charge in [0.05, 0.1) is 24.9 Å². The van der Waals surface area contributed by atoms with Crippen LogP contribution in [0.5, 0.6) is 11.5 Å². The molecule has 1 N–H and O–H groups in total. The number of carbonyl (C=O) groups excluding carboxylic acids is 1. The molecule has 0 saturated carbocycles. The first-order valence-electron chi connectivity index (χ1n) is 7.13. The molecule has 7 heteroatoms. The molecule has 4 nitrogen and oxygen atoms in total. The zero-order valence-corrected chi connectivity index (χ0v) is 15.6. The Balaban J connectivity index is 1.93. The first-order valence-corrected chi connectivity index (χ1v) is 8.87. The average molecular weight is 386 g/mol. The molecule has 2 aromatic rings. The van der Waals surface area contributed by atoms with E-state index in [4.69, 9.17) is 32.7 Å². The van der Waals surface area contributed by atoms with Crippen LogP contribution in [0.4, 0.5) is 5.69 Å². The third-order valence-electron chi connectivity index (χ3n) is 3.16. The zero-order valence-electron chi connectivity index (χ0n) is 13.3. The molecule has 0 radical (unpaired) electrons. The lowest BCUT2D eigenvalue weighted by atomic mass is 10.2. The van der Waals surface area contributed by atoms with Crippen LogP contribution in [0.2, 0.25) is 10.0 Å². The molecular formula is C17H17Cl2NO3S. The van der Waals surface area contributed by atoms with Crippen LogP contribution >= 0.6 is 35.0 Å². The number of carbonyl (C=O) groups is 1. The van der Waals surface area contributed by atoms with Gasteiger partial charge in [0.2, 0.25) is 5.91 Å². The molecule has 0 aliphatic carbocycles. The topological polar surface area (TPSA) is 47.6 Å². The highest BCUT2D eigenvalue weighted by atomic mass is 35.5. The quantitative estimate of drug-likeness (QED) is 0.670. The number of hydrogen-bond donors (Lipinski definition) is 1. The number of anilines is 1. The van der Waals surface area contributed by atoms with Gasteiger partial charge in [-0.2, -0.15) is 0 Å². The van der Waals surface area contributed by atoms with Gasteiger partial charge < -0.3 is 14.8 Å². The van der Waals surface area contributed by atoms with Gasteiger partial charge in [0.1, 0.15) is 11.5 Å². The number of thioether (sulfide) groups is 1. The van der Waals surface area contributed by atoms with Gasteiger partial charge in [0.25, 0.3) is 0 Å². The summed E-state index contributed by atoms with van der Waals surface area (Å²) < 4.78 is 10.4. The molecule has 0 saturated heterocycles. The minimum Gasteiger partial charge on any atom is -0.495 e. The Morgan fingerprint density at radius 2 is 1.75 bits per heavy atom. The summed E-state index contributed by atoms with van der Waals surface area (Å²) in [5.41, 5.74) is 0.528. The first kappa shape index (κ1) is 18.8. The second-order valence-corrected chi connectivity index (χ2v) is 6.80. The standard InChI is InChI=1S/C17H17Cl2NO3S/c1-22-15-10-14(16(23-2)9-13(15)19)20-17(21)7-8-24-12-5-3-11(18)4-6-12/h3-6,9-10H,7-8H2,1-2H3,(H,20,21). The van der Waals surface area contributed by atoms with Crippen LogP contribution in [0.25, 0.3) is 0 Å². The van der Waals surface area contributed by atoms with Crippen molar-refractivity contribution >= 4 is 46.6 Å². The molecule has 1 amide bonds. The van der Waals surface area contributed by atoms with E-state index < -0.39 is 0 Å². The second-order valence-electron chi connectivity index (χ2n) is 4.79. The summed E-state index contributed by atoms with van der Waals surface area (Å²) in [5, 5.41) is 3.94. The van der Waals surface area contributed by atoms with Crippen LogP contribution in [0.1, 0.15) is 6.42 Å². The molecule has 0 heterocycles. The van der Waals surface area contributed by atoms with Gasteiger partial charge in [-0.25, -0.2) is 0 Å². The summed E-state index contributed by atoms with van der Waals surface area (Å²) in [6.45, 7) is 0. The maximum atomic E-state index is 12.1. The molecule has 0 unspecified atom stereocenters. The molecule has 0 aliphatic heterocycles. The van der Waals surface area contributed by atoms with Crippen LogP contribution in [0, 0.1) is 0 Å². The second kappa shape index (κ2) is 9.06. The fraction of sp³-hybridized carbons (Fsp3) is 0.235. The highest BCUT2D eigenvalue weighted by molar-refractivity contribution is 7.99. The maximum absolute atomic E-state index is 12.1. The van der Waals surface area contributed by atoms with Crippen molar-refractivity contribution in [2.24, 2.45) is 0 Å². The summed E-state index contributed by atoms with van der Waals surface area (Å²) in [6, 6.07) is 10.8. The molecule has 0 atom stereocenters. The minimum absolute atomic E-state index is 0.112. The lowest BCUT2D eigenvalue weighted by Crippen LogP contribution is -2.13. The summed E-state index contributed by atoms with van der Waals surface area (Å²) in [7, 11) is 3.03. The predicted octanol–water partition coefficient (Wildman–Crippen LogP) is 5.13. The lowest BCUT2D eigenvalue weighted by molar-refractivity contribution is -0.115. The number of nitrogens with one attached hydrogen (secondary N) is 1. The van der Waals surface area contributed by atoms with Crippen LogP contribution in [-0.2, 0) is 4.79 Å². The van der Waals surface area contributed by atoms with E-state index in [1.807, 2.05) is 24.3 Å². The van der Waals surface area contributed by atoms with Crippen molar-refractivity contribution < 1.29 is 14.3 Å². The van der Waals surface area contributed by atoms with E-state index in [2.05, 4.69) is 5.32 Å². The van der Waals surface area contributed by atoms with Gasteiger partial charge in [-0.15, -0.1) is 11.8 Å². The monoisotopic (exact) mass is 385 g/mol. The molecule has 24 heavy (non-hydrogen) atoms. The Bertz CT molecular complexity index is 708. The highest BCUT2D eigenvalue weighted by Gasteiger charge is 2.12. The Hall–Kier alpha value is -1.56. The van der Waals surface area contributed by atoms with Crippen molar-refractivity contribution in [2.45, 2.75) is 11.3 Å². The average Bonchev–Trinajstić information content (AvgIpc) is 2.57. The Kier molecular flexibility index (Phi) is 7.09. The van der Waals surface area contributed by atoms with E-state index in [1.165, 1.54) is 14.2 Å². The van der Waals surface area contributed by atoms with Gasteiger partial charge in [-0.3, -0.25) is 4.79 Å².